The van der Waals surface area contributed by atoms with Crippen LogP contribution >= 0.6 is 0 Å². The smallest absolute Gasteiger partial charge is 0.319 e. The minimum Gasteiger partial charge on any atom is -0.461 e. The number of terminal acetylenes is 1. The molecule has 2 unspecified atom stereocenters. The zero-order chi connectivity index (χ0) is 36.0. The van der Waals surface area contributed by atoms with Crippen molar-refractivity contribution in [3.05, 3.63) is 95.8 Å². The van der Waals surface area contributed by atoms with E-state index in [2.05, 4.69) is 20.8 Å². The monoisotopic (exact) mass is 702 g/mol. The van der Waals surface area contributed by atoms with Crippen LogP contribution in [0.15, 0.2) is 78.8 Å². The molecule has 5 aromatic rings. The number of fused-ring (bicyclic) bond motifs is 3. The molecule has 52 heavy (non-hydrogen) atoms. The number of halogens is 3. The van der Waals surface area contributed by atoms with Crippen LogP contribution in [0.3, 0.4) is 0 Å². The summed E-state index contributed by atoms with van der Waals surface area (Å²) < 4.78 is 52.9. The molecule has 0 bridgehead atoms. The molecule has 2 aromatic heterocycles. The molecule has 3 aliphatic heterocycles. The number of carbonyl (C=O) groups excluding carboxylic acids is 1. The number of rotatable bonds is 8. The van der Waals surface area contributed by atoms with Crippen molar-refractivity contribution in [2.45, 2.75) is 43.4 Å². The Balaban J connectivity index is 1.16. The first-order chi connectivity index (χ1) is 25.2. The molecule has 0 saturated carbocycles. The van der Waals surface area contributed by atoms with Gasteiger partial charge in [0.25, 0.3) is 5.91 Å². The molecule has 0 radical (unpaired) electrons. The highest BCUT2D eigenvalue weighted by Gasteiger charge is 2.49. The summed E-state index contributed by atoms with van der Waals surface area (Å²) >= 11 is 0. The van der Waals surface area contributed by atoms with E-state index in [0.29, 0.717) is 59.5 Å². The van der Waals surface area contributed by atoms with Crippen LogP contribution < -0.4 is 9.64 Å². The average molecular weight is 703 g/mol. The Morgan fingerprint density at radius 3 is 2.73 bits per heavy atom. The highest BCUT2D eigenvalue weighted by Crippen LogP contribution is 2.41. The maximum atomic E-state index is 17.0. The summed E-state index contributed by atoms with van der Waals surface area (Å²) in [5.41, 5.74) is 1.55. The number of aromatic nitrogens is 3. The molecule has 264 valence electrons. The van der Waals surface area contributed by atoms with Crippen LogP contribution in [0.5, 0.6) is 6.01 Å². The molecule has 0 aliphatic carbocycles. The number of ether oxygens (including phenoxy) is 1. The third-order valence-electron chi connectivity index (χ3n) is 10.8. The summed E-state index contributed by atoms with van der Waals surface area (Å²) in [7, 11) is 1.82. The number of hydrogen-bond donors (Lipinski definition) is 0. The Morgan fingerprint density at radius 1 is 1.08 bits per heavy atom. The van der Waals surface area contributed by atoms with Crippen LogP contribution in [-0.2, 0) is 4.79 Å². The zero-order valence-corrected chi connectivity index (χ0v) is 28.7. The van der Waals surface area contributed by atoms with Crippen molar-refractivity contribution >= 4 is 39.5 Å². The quantitative estimate of drug-likeness (QED) is 0.128. The van der Waals surface area contributed by atoms with Gasteiger partial charge in [-0.3, -0.25) is 14.7 Å². The lowest BCUT2D eigenvalue weighted by atomic mass is 9.94. The van der Waals surface area contributed by atoms with Crippen molar-refractivity contribution in [3.8, 4) is 29.5 Å². The standard InChI is InChI=1S/C41H37F3N6O2/c1-3-26-9-6-10-27-11-7-13-31(35(26)27)32-14-15-33-37(36(32)44)46-40(52-25-41-17-8-19-50(41)23-28(42)22-41)47-38(33)48(2)30-16-20-49(24-30)39(51)34(43)21-29-12-4-5-18-45-29/h1,4-7,9-15,18,21,28,30H,8,16-17,19-20,22-25H2,2H3/b34-21-/t28?,30?,41-/m0/s1. The number of carbonyl (C=O) groups is 1. The number of likely N-dealkylation sites (N-methyl/N-ethyl adjacent to an activating group) is 1. The van der Waals surface area contributed by atoms with Crippen LogP contribution in [0.25, 0.3) is 38.9 Å². The number of anilines is 1. The van der Waals surface area contributed by atoms with E-state index >= 15 is 8.78 Å². The van der Waals surface area contributed by atoms with Crippen LogP contribution in [0, 0.1) is 18.2 Å². The normalized spacial score (nSPS) is 21.8. The van der Waals surface area contributed by atoms with Crippen molar-refractivity contribution in [2.24, 2.45) is 0 Å². The fourth-order valence-corrected chi connectivity index (χ4v) is 8.22. The number of alkyl halides is 1. The Bertz CT molecular complexity index is 2250. The molecule has 8 rings (SSSR count). The third-order valence-corrected chi connectivity index (χ3v) is 10.8. The molecular weight excluding hydrogens is 665 g/mol. The summed E-state index contributed by atoms with van der Waals surface area (Å²) in [5.74, 6) is 0.958. The van der Waals surface area contributed by atoms with E-state index in [1.807, 2.05) is 48.3 Å². The molecule has 3 aromatic carbocycles. The summed E-state index contributed by atoms with van der Waals surface area (Å²) in [6.45, 7) is 1.89. The van der Waals surface area contributed by atoms with Crippen molar-refractivity contribution in [1.82, 2.24) is 24.8 Å². The van der Waals surface area contributed by atoms with Crippen molar-refractivity contribution in [2.75, 3.05) is 44.7 Å². The Kier molecular flexibility index (Phi) is 8.79. The second kappa shape index (κ2) is 13.6. The lowest BCUT2D eigenvalue weighted by Crippen LogP contribution is -2.43. The maximum Gasteiger partial charge on any atom is 0.319 e. The van der Waals surface area contributed by atoms with Gasteiger partial charge in [0.15, 0.2) is 11.6 Å². The number of amides is 1. The lowest BCUT2D eigenvalue weighted by molar-refractivity contribution is -0.127. The van der Waals surface area contributed by atoms with E-state index in [4.69, 9.17) is 16.1 Å². The lowest BCUT2D eigenvalue weighted by Gasteiger charge is -2.31. The molecule has 3 aliphatic rings. The topological polar surface area (TPSA) is 74.7 Å². The molecule has 8 nitrogen and oxygen atoms in total. The first-order valence-electron chi connectivity index (χ1n) is 17.6. The molecule has 0 N–H and O–H groups in total. The first kappa shape index (κ1) is 33.7. The van der Waals surface area contributed by atoms with Gasteiger partial charge >= 0.3 is 6.01 Å². The minimum atomic E-state index is -0.937. The van der Waals surface area contributed by atoms with E-state index in [9.17, 15) is 9.18 Å². The van der Waals surface area contributed by atoms with Crippen molar-refractivity contribution in [3.63, 3.8) is 0 Å². The summed E-state index contributed by atoms with van der Waals surface area (Å²) in [6.07, 6.45) is 10.2. The Hall–Kier alpha value is -5.47. The van der Waals surface area contributed by atoms with Gasteiger partial charge in [-0.15, -0.1) is 6.42 Å². The average Bonchev–Trinajstić information content (AvgIpc) is 3.88. The van der Waals surface area contributed by atoms with Gasteiger partial charge in [-0.1, -0.05) is 48.4 Å². The Morgan fingerprint density at radius 2 is 1.92 bits per heavy atom. The van der Waals surface area contributed by atoms with Gasteiger partial charge in [-0.25, -0.2) is 13.2 Å². The molecular formula is C41H37F3N6O2. The van der Waals surface area contributed by atoms with E-state index in [1.165, 1.54) is 11.1 Å². The van der Waals surface area contributed by atoms with E-state index in [0.717, 1.165) is 36.2 Å². The first-order valence-corrected chi connectivity index (χ1v) is 17.6. The van der Waals surface area contributed by atoms with Crippen LogP contribution in [0.2, 0.25) is 0 Å². The number of benzene rings is 3. The van der Waals surface area contributed by atoms with Crippen molar-refractivity contribution < 1.29 is 22.7 Å². The molecule has 0 spiro atoms. The number of pyridine rings is 1. The summed E-state index contributed by atoms with van der Waals surface area (Å²) in [5, 5.41) is 2.09. The highest BCUT2D eigenvalue weighted by molar-refractivity contribution is 6.03. The fourth-order valence-electron chi connectivity index (χ4n) is 8.22. The van der Waals surface area contributed by atoms with Crippen LogP contribution in [0.1, 0.15) is 36.9 Å². The largest absolute Gasteiger partial charge is 0.461 e. The van der Waals surface area contributed by atoms with E-state index in [1.54, 1.807) is 30.3 Å². The predicted molar refractivity (Wildman–Crippen MR) is 196 cm³/mol. The molecule has 5 heterocycles. The predicted octanol–water partition coefficient (Wildman–Crippen LogP) is 6.97. The molecule has 3 fully saturated rings. The minimum absolute atomic E-state index is 0.0218. The van der Waals surface area contributed by atoms with Gasteiger partial charge in [0.05, 0.1) is 11.2 Å². The Labute approximate surface area is 299 Å². The maximum absolute atomic E-state index is 17.0. The van der Waals surface area contributed by atoms with Gasteiger partial charge in [-0.2, -0.15) is 9.97 Å². The van der Waals surface area contributed by atoms with Gasteiger partial charge in [-0.05, 0) is 61.0 Å². The second-order valence-electron chi connectivity index (χ2n) is 13.9. The molecule has 11 heteroatoms. The molecule has 3 saturated heterocycles. The molecule has 1 amide bonds. The second-order valence-corrected chi connectivity index (χ2v) is 13.9. The van der Waals surface area contributed by atoms with Crippen LogP contribution in [0.4, 0.5) is 19.0 Å². The zero-order valence-electron chi connectivity index (χ0n) is 28.7. The third kappa shape index (κ3) is 6.01. The van der Waals surface area contributed by atoms with Crippen LogP contribution in [-0.4, -0.2) is 88.2 Å². The highest BCUT2D eigenvalue weighted by atomic mass is 19.1. The fraction of sp³-hybridized carbons (Fsp3) is 0.317. The van der Waals surface area contributed by atoms with E-state index in [-0.39, 0.29) is 30.7 Å². The van der Waals surface area contributed by atoms with Gasteiger partial charge < -0.3 is 14.5 Å². The van der Waals surface area contributed by atoms with Gasteiger partial charge in [0.2, 0.25) is 0 Å². The van der Waals surface area contributed by atoms with E-state index < -0.39 is 29.3 Å². The van der Waals surface area contributed by atoms with Crippen molar-refractivity contribution in [1.29, 1.82) is 0 Å². The number of nitrogens with zero attached hydrogens (tertiary/aromatic N) is 6. The SMILES string of the molecule is C#Cc1cccc2cccc(-c3ccc4c(N(C)C5CCN(C(=O)/C(F)=C/c6ccccn6)C5)nc(OC[C@@]56CCCN5CC(F)C6)nc4c3F)c12. The van der Waals surface area contributed by atoms with Gasteiger partial charge in [0, 0.05) is 73.3 Å². The molecule has 3 atom stereocenters. The number of hydrogen-bond acceptors (Lipinski definition) is 7. The summed E-state index contributed by atoms with van der Waals surface area (Å²) in [4.78, 5) is 32.1. The number of likely N-dealkylation sites (tertiary alicyclic amines) is 1. The van der Waals surface area contributed by atoms with Gasteiger partial charge in [0.1, 0.15) is 24.1 Å². The summed E-state index contributed by atoms with van der Waals surface area (Å²) in [6, 6.07) is 19.6.